The minimum atomic E-state index is 0.643. The molecule has 0 radical (unpaired) electrons. The summed E-state index contributed by atoms with van der Waals surface area (Å²) in [5, 5.41) is 0. The molecule has 0 unspecified atom stereocenters. The lowest BCUT2D eigenvalue weighted by atomic mass is 9.91. The summed E-state index contributed by atoms with van der Waals surface area (Å²) in [6.07, 6.45) is 6.56. The van der Waals surface area contributed by atoms with Crippen LogP contribution in [-0.2, 0) is 19.4 Å². The van der Waals surface area contributed by atoms with Gasteiger partial charge in [-0.15, -0.1) is 0 Å². The average molecular weight is 433 g/mol. The molecule has 1 aliphatic carbocycles. The van der Waals surface area contributed by atoms with Crippen LogP contribution < -0.4 is 4.74 Å². The van der Waals surface area contributed by atoms with Crippen molar-refractivity contribution in [2.45, 2.75) is 44.8 Å². The zero-order chi connectivity index (χ0) is 16.4. The van der Waals surface area contributed by atoms with Gasteiger partial charge in [0.2, 0.25) is 0 Å². The van der Waals surface area contributed by atoms with Crippen LogP contribution in [-0.4, -0.2) is 24.0 Å². The van der Waals surface area contributed by atoms with Gasteiger partial charge < -0.3 is 4.74 Å². The SMILES string of the molecule is Ic1cc2c(cc1OCc1ccccc1)CCN(C1CCC1)CC2. The highest BCUT2D eigenvalue weighted by atomic mass is 127. The van der Waals surface area contributed by atoms with Gasteiger partial charge in [-0.05, 0) is 77.1 Å². The molecule has 0 N–H and O–H groups in total. The molecule has 2 aromatic carbocycles. The maximum Gasteiger partial charge on any atom is 0.133 e. The highest BCUT2D eigenvalue weighted by molar-refractivity contribution is 14.1. The second-order valence-corrected chi connectivity index (χ2v) is 8.11. The Bertz CT molecular complexity index is 696. The van der Waals surface area contributed by atoms with Crippen LogP contribution in [0.25, 0.3) is 0 Å². The Hall–Kier alpha value is -1.07. The van der Waals surface area contributed by atoms with Crippen LogP contribution in [0, 0.1) is 3.57 Å². The summed E-state index contributed by atoms with van der Waals surface area (Å²) in [5.74, 6) is 1.04. The maximum absolute atomic E-state index is 6.12. The van der Waals surface area contributed by atoms with E-state index in [-0.39, 0.29) is 0 Å². The van der Waals surface area contributed by atoms with Gasteiger partial charge in [-0.1, -0.05) is 36.8 Å². The lowest BCUT2D eigenvalue weighted by Crippen LogP contribution is -2.41. The second-order valence-electron chi connectivity index (χ2n) is 6.95. The molecule has 1 saturated carbocycles. The van der Waals surface area contributed by atoms with Gasteiger partial charge in [0.15, 0.2) is 0 Å². The van der Waals surface area contributed by atoms with Gasteiger partial charge >= 0.3 is 0 Å². The van der Waals surface area contributed by atoms with E-state index < -0.39 is 0 Å². The molecule has 4 rings (SSSR count). The third-order valence-electron chi connectivity index (χ3n) is 5.42. The molecule has 3 heteroatoms. The quantitative estimate of drug-likeness (QED) is 0.641. The average Bonchev–Trinajstić information content (AvgIpc) is 2.75. The van der Waals surface area contributed by atoms with E-state index in [1.54, 1.807) is 0 Å². The number of fused-ring (bicyclic) bond motifs is 1. The molecule has 0 saturated heterocycles. The van der Waals surface area contributed by atoms with Gasteiger partial charge in [0.05, 0.1) is 3.57 Å². The van der Waals surface area contributed by atoms with E-state index in [1.165, 1.54) is 59.0 Å². The maximum atomic E-state index is 6.12. The number of benzene rings is 2. The van der Waals surface area contributed by atoms with Gasteiger partial charge in [-0.3, -0.25) is 4.90 Å². The number of hydrogen-bond donors (Lipinski definition) is 0. The Morgan fingerprint density at radius 3 is 2.38 bits per heavy atom. The van der Waals surface area contributed by atoms with Crippen molar-refractivity contribution in [3.05, 3.63) is 62.7 Å². The van der Waals surface area contributed by atoms with Crippen molar-refractivity contribution in [1.82, 2.24) is 4.90 Å². The van der Waals surface area contributed by atoms with Crippen LogP contribution in [0.3, 0.4) is 0 Å². The first-order valence-electron chi connectivity index (χ1n) is 9.01. The first-order chi connectivity index (χ1) is 11.8. The smallest absolute Gasteiger partial charge is 0.133 e. The minimum Gasteiger partial charge on any atom is -0.488 e. The molecule has 2 aromatic rings. The molecular formula is C21H24INO. The lowest BCUT2D eigenvalue weighted by Gasteiger charge is -2.36. The Labute approximate surface area is 158 Å². The van der Waals surface area contributed by atoms with Gasteiger partial charge in [-0.2, -0.15) is 0 Å². The van der Waals surface area contributed by atoms with E-state index in [4.69, 9.17) is 4.74 Å². The summed E-state index contributed by atoms with van der Waals surface area (Å²) in [6.45, 7) is 3.07. The van der Waals surface area contributed by atoms with Crippen molar-refractivity contribution in [3.8, 4) is 5.75 Å². The zero-order valence-corrected chi connectivity index (χ0v) is 16.2. The molecule has 2 nitrogen and oxygen atoms in total. The number of nitrogens with zero attached hydrogens (tertiary/aromatic N) is 1. The van der Waals surface area contributed by atoms with E-state index in [0.717, 1.165) is 18.2 Å². The topological polar surface area (TPSA) is 12.5 Å². The predicted octanol–water partition coefficient (Wildman–Crippen LogP) is 4.82. The van der Waals surface area contributed by atoms with Crippen molar-refractivity contribution < 1.29 is 4.74 Å². The van der Waals surface area contributed by atoms with E-state index in [1.807, 2.05) is 6.07 Å². The van der Waals surface area contributed by atoms with Crippen LogP contribution in [0.5, 0.6) is 5.75 Å². The number of hydrogen-bond acceptors (Lipinski definition) is 2. The summed E-state index contributed by atoms with van der Waals surface area (Å²) >= 11 is 2.42. The van der Waals surface area contributed by atoms with Crippen LogP contribution >= 0.6 is 22.6 Å². The van der Waals surface area contributed by atoms with Crippen molar-refractivity contribution in [2.75, 3.05) is 13.1 Å². The minimum absolute atomic E-state index is 0.643. The van der Waals surface area contributed by atoms with Crippen LogP contribution in [0.2, 0.25) is 0 Å². The Morgan fingerprint density at radius 2 is 1.71 bits per heavy atom. The van der Waals surface area contributed by atoms with Gasteiger partial charge in [0.25, 0.3) is 0 Å². The van der Waals surface area contributed by atoms with Crippen molar-refractivity contribution >= 4 is 22.6 Å². The van der Waals surface area contributed by atoms with Gasteiger partial charge in [0, 0.05) is 19.1 Å². The third-order valence-corrected chi connectivity index (χ3v) is 6.26. The Kier molecular flexibility index (Phi) is 5.09. The molecule has 0 aromatic heterocycles. The molecule has 0 bridgehead atoms. The number of halogens is 1. The largest absolute Gasteiger partial charge is 0.488 e. The molecule has 1 heterocycles. The lowest BCUT2D eigenvalue weighted by molar-refractivity contribution is 0.133. The molecular weight excluding hydrogens is 409 g/mol. The van der Waals surface area contributed by atoms with Crippen molar-refractivity contribution in [2.24, 2.45) is 0 Å². The van der Waals surface area contributed by atoms with Gasteiger partial charge in [-0.25, -0.2) is 0 Å². The fourth-order valence-electron chi connectivity index (χ4n) is 3.70. The van der Waals surface area contributed by atoms with Crippen LogP contribution in [0.15, 0.2) is 42.5 Å². The molecule has 2 aliphatic rings. The third kappa shape index (κ3) is 3.62. The summed E-state index contributed by atoms with van der Waals surface area (Å²) in [4.78, 5) is 2.71. The highest BCUT2D eigenvalue weighted by Gasteiger charge is 2.26. The van der Waals surface area contributed by atoms with E-state index >= 15 is 0 Å². The van der Waals surface area contributed by atoms with E-state index in [0.29, 0.717) is 6.61 Å². The van der Waals surface area contributed by atoms with Crippen LogP contribution in [0.4, 0.5) is 0 Å². The molecule has 0 spiro atoms. The zero-order valence-electron chi connectivity index (χ0n) is 14.0. The monoisotopic (exact) mass is 433 g/mol. The first-order valence-corrected chi connectivity index (χ1v) is 10.1. The normalized spacial score (nSPS) is 18.5. The standard InChI is InChI=1S/C21H24INO/c22-20-13-17-9-11-23(19-7-4-8-19)12-10-18(17)14-21(20)24-15-16-5-2-1-3-6-16/h1-3,5-6,13-14,19H,4,7-12,15H2. The summed E-state index contributed by atoms with van der Waals surface area (Å²) < 4.78 is 7.35. The van der Waals surface area contributed by atoms with Crippen molar-refractivity contribution in [1.29, 1.82) is 0 Å². The fourth-order valence-corrected chi connectivity index (χ4v) is 4.39. The highest BCUT2D eigenvalue weighted by Crippen LogP contribution is 2.31. The molecule has 1 aliphatic heterocycles. The Balaban J connectivity index is 1.47. The Morgan fingerprint density at radius 1 is 1.00 bits per heavy atom. The van der Waals surface area contributed by atoms with Crippen molar-refractivity contribution in [3.63, 3.8) is 0 Å². The molecule has 126 valence electrons. The van der Waals surface area contributed by atoms with Gasteiger partial charge in [0.1, 0.15) is 12.4 Å². The number of ether oxygens (including phenoxy) is 1. The summed E-state index contributed by atoms with van der Waals surface area (Å²) in [6, 6.07) is 15.9. The second kappa shape index (κ2) is 7.44. The molecule has 0 atom stereocenters. The van der Waals surface area contributed by atoms with E-state index in [2.05, 4.69) is 63.9 Å². The number of rotatable bonds is 4. The first kappa shape index (κ1) is 16.4. The fraction of sp³-hybridized carbons (Fsp3) is 0.429. The predicted molar refractivity (Wildman–Crippen MR) is 107 cm³/mol. The van der Waals surface area contributed by atoms with E-state index in [9.17, 15) is 0 Å². The molecule has 0 amide bonds. The summed E-state index contributed by atoms with van der Waals surface area (Å²) in [5.41, 5.74) is 4.23. The molecule has 24 heavy (non-hydrogen) atoms. The van der Waals surface area contributed by atoms with Crippen LogP contribution in [0.1, 0.15) is 36.0 Å². The summed E-state index contributed by atoms with van der Waals surface area (Å²) in [7, 11) is 0. The molecule has 1 fully saturated rings.